The van der Waals surface area contributed by atoms with E-state index in [0.29, 0.717) is 17.8 Å². The van der Waals surface area contributed by atoms with Crippen molar-refractivity contribution in [3.8, 4) is 28.3 Å². The number of carbonyl (C=O) groups is 2. The van der Waals surface area contributed by atoms with Crippen molar-refractivity contribution in [2.24, 2.45) is 11.7 Å². The molecule has 4 rings (SSSR count). The van der Waals surface area contributed by atoms with E-state index in [2.05, 4.69) is 32.9 Å². The van der Waals surface area contributed by atoms with E-state index < -0.39 is 12.0 Å². The van der Waals surface area contributed by atoms with E-state index in [1.165, 1.54) is 12.3 Å². The first-order chi connectivity index (χ1) is 18.3. The number of nitrogens with one attached hydrogen (secondary N) is 1. The number of pyridine rings is 3. The van der Waals surface area contributed by atoms with Gasteiger partial charge in [0.05, 0.1) is 11.9 Å². The Bertz CT molecular complexity index is 1550. The molecule has 192 valence electrons. The number of nitrogens with two attached hydrogens (primary N) is 1. The molecule has 4 heterocycles. The fourth-order valence-corrected chi connectivity index (χ4v) is 4.02. The van der Waals surface area contributed by atoms with Gasteiger partial charge in [-0.05, 0) is 48.2 Å². The molecule has 4 aromatic heterocycles. The van der Waals surface area contributed by atoms with Gasteiger partial charge in [0.25, 0.3) is 0 Å². The molecule has 1 atom stereocenters. The van der Waals surface area contributed by atoms with E-state index >= 15 is 0 Å². The van der Waals surface area contributed by atoms with Crippen molar-refractivity contribution in [3.63, 3.8) is 0 Å². The number of aromatic nitrogens is 4. The molecule has 0 aromatic carbocycles. The highest BCUT2D eigenvalue weighted by Crippen LogP contribution is 2.33. The second-order valence-corrected chi connectivity index (χ2v) is 9.13. The molecule has 0 radical (unpaired) electrons. The Labute approximate surface area is 219 Å². The minimum Gasteiger partial charge on any atom is -0.443 e. The number of carbonyl (C=O) groups excluding carboxylic acids is 2. The van der Waals surface area contributed by atoms with Crippen LogP contribution in [-0.4, -0.2) is 37.4 Å². The lowest BCUT2D eigenvalue weighted by molar-refractivity contribution is -0.149. The zero-order valence-corrected chi connectivity index (χ0v) is 21.1. The molecular weight excluding hydrogens is 482 g/mol. The van der Waals surface area contributed by atoms with Crippen molar-refractivity contribution in [1.29, 1.82) is 5.26 Å². The number of esters is 1. The minimum atomic E-state index is -0.712. The van der Waals surface area contributed by atoms with Crippen LogP contribution >= 0.6 is 0 Å². The molecule has 0 aliphatic carbocycles. The van der Waals surface area contributed by atoms with Crippen LogP contribution in [-0.2, 0) is 21.1 Å². The lowest BCUT2D eigenvalue weighted by atomic mass is 10.0. The number of nitrogens with zero attached hydrogens (tertiary/aromatic N) is 5. The Morgan fingerprint density at radius 1 is 1.18 bits per heavy atom. The van der Waals surface area contributed by atoms with Crippen LogP contribution in [0.4, 0.5) is 5.69 Å². The molecule has 0 spiro atoms. The van der Waals surface area contributed by atoms with Crippen LogP contribution in [0.2, 0.25) is 0 Å². The number of amides is 1. The maximum absolute atomic E-state index is 12.4. The summed E-state index contributed by atoms with van der Waals surface area (Å²) < 4.78 is 7.23. The average Bonchev–Trinajstić information content (AvgIpc) is 3.29. The van der Waals surface area contributed by atoms with E-state index in [9.17, 15) is 14.9 Å². The third kappa shape index (κ3) is 5.91. The van der Waals surface area contributed by atoms with Crippen LogP contribution in [0.1, 0.15) is 26.0 Å². The van der Waals surface area contributed by atoms with Gasteiger partial charge in [-0.25, -0.2) is 9.97 Å². The fourth-order valence-electron chi connectivity index (χ4n) is 4.02. The predicted octanol–water partition coefficient (Wildman–Crippen LogP) is 4.03. The van der Waals surface area contributed by atoms with Crippen molar-refractivity contribution in [2.75, 3.05) is 5.32 Å². The molecule has 0 unspecified atom stereocenters. The molecule has 1 amide bonds. The van der Waals surface area contributed by atoms with Crippen molar-refractivity contribution in [2.45, 2.75) is 33.0 Å². The van der Waals surface area contributed by atoms with Gasteiger partial charge in [-0.15, -0.1) is 0 Å². The van der Waals surface area contributed by atoms with E-state index in [0.717, 1.165) is 27.6 Å². The standard InChI is InChI=1S/C28H27N7O3/c1-4-26(36)34-22-9-19(12-31-14-22)20-10-23-24(18-5-6-32-21(8-18)11-29)15-35(27(23)33-13-20)16-38-28(37)25(30)7-17(2)3/h4-6,8-10,12-15,17,25H,1,7,16,30H2,2-3H3,(H,34,36)/t25-/m0/s1. The molecule has 0 saturated carbocycles. The molecule has 0 saturated heterocycles. The summed E-state index contributed by atoms with van der Waals surface area (Å²) in [6.07, 6.45) is 9.97. The number of hydrogen-bond acceptors (Lipinski definition) is 8. The topological polar surface area (TPSA) is 149 Å². The molecular formula is C28H27N7O3. The van der Waals surface area contributed by atoms with Crippen LogP contribution in [0.3, 0.4) is 0 Å². The summed E-state index contributed by atoms with van der Waals surface area (Å²) in [6, 6.07) is 8.54. The smallest absolute Gasteiger partial charge is 0.324 e. The van der Waals surface area contributed by atoms with Gasteiger partial charge in [0.15, 0.2) is 6.73 Å². The number of hydrogen-bond donors (Lipinski definition) is 2. The second kappa shape index (κ2) is 11.5. The Balaban J connectivity index is 1.75. The molecule has 10 nitrogen and oxygen atoms in total. The van der Waals surface area contributed by atoms with E-state index in [1.807, 2.05) is 26.1 Å². The number of rotatable bonds is 9. The summed E-state index contributed by atoms with van der Waals surface area (Å²) in [6.45, 7) is 7.37. The van der Waals surface area contributed by atoms with Crippen molar-refractivity contribution in [3.05, 3.63) is 73.6 Å². The Hall–Kier alpha value is -4.88. The van der Waals surface area contributed by atoms with Gasteiger partial charge in [0.2, 0.25) is 5.91 Å². The molecule has 4 aromatic rings. The SMILES string of the molecule is C=CC(=O)Nc1cncc(-c2cnc3c(c2)c(-c2ccnc(C#N)c2)cn3COC(=O)[C@@H](N)CC(C)C)c1. The van der Waals surface area contributed by atoms with Gasteiger partial charge >= 0.3 is 5.97 Å². The predicted molar refractivity (Wildman–Crippen MR) is 143 cm³/mol. The third-order valence-corrected chi connectivity index (χ3v) is 5.80. The summed E-state index contributed by atoms with van der Waals surface area (Å²) in [4.78, 5) is 37.1. The Morgan fingerprint density at radius 3 is 2.71 bits per heavy atom. The van der Waals surface area contributed by atoms with E-state index in [-0.39, 0.29) is 24.2 Å². The molecule has 0 fully saturated rings. The van der Waals surface area contributed by atoms with Crippen molar-refractivity contribution >= 4 is 28.6 Å². The highest BCUT2D eigenvalue weighted by molar-refractivity contribution is 5.99. The van der Waals surface area contributed by atoms with Crippen LogP contribution in [0, 0.1) is 17.2 Å². The highest BCUT2D eigenvalue weighted by Gasteiger charge is 2.19. The Kier molecular flexibility index (Phi) is 7.89. The van der Waals surface area contributed by atoms with Crippen LogP contribution in [0.5, 0.6) is 0 Å². The number of nitriles is 1. The van der Waals surface area contributed by atoms with Gasteiger partial charge in [0.1, 0.15) is 23.5 Å². The summed E-state index contributed by atoms with van der Waals surface area (Å²) in [5.74, 6) is -0.569. The third-order valence-electron chi connectivity index (χ3n) is 5.80. The molecule has 38 heavy (non-hydrogen) atoms. The quantitative estimate of drug-likeness (QED) is 0.254. The first kappa shape index (κ1) is 26.2. The maximum atomic E-state index is 12.4. The van der Waals surface area contributed by atoms with Gasteiger partial charge in [-0.1, -0.05) is 20.4 Å². The lowest BCUT2D eigenvalue weighted by Crippen LogP contribution is -2.33. The summed E-state index contributed by atoms with van der Waals surface area (Å²) in [5.41, 5.74) is 10.4. The minimum absolute atomic E-state index is 0.0751. The summed E-state index contributed by atoms with van der Waals surface area (Å²) in [7, 11) is 0. The number of ether oxygens (including phenoxy) is 1. The Morgan fingerprint density at radius 2 is 1.97 bits per heavy atom. The zero-order chi connectivity index (χ0) is 27.2. The molecule has 10 heteroatoms. The second-order valence-electron chi connectivity index (χ2n) is 9.13. The van der Waals surface area contributed by atoms with E-state index in [1.54, 1.807) is 41.4 Å². The van der Waals surface area contributed by atoms with Crippen molar-refractivity contribution < 1.29 is 14.3 Å². The average molecular weight is 510 g/mol. The van der Waals surface area contributed by atoms with Gasteiger partial charge in [0, 0.05) is 46.9 Å². The largest absolute Gasteiger partial charge is 0.443 e. The van der Waals surface area contributed by atoms with Crippen molar-refractivity contribution in [1.82, 2.24) is 19.5 Å². The zero-order valence-electron chi connectivity index (χ0n) is 21.1. The molecule has 0 aliphatic rings. The maximum Gasteiger partial charge on any atom is 0.324 e. The molecule has 3 N–H and O–H groups in total. The van der Waals surface area contributed by atoms with Crippen LogP contribution in [0.15, 0.2) is 67.9 Å². The normalized spacial score (nSPS) is 11.7. The van der Waals surface area contributed by atoms with Crippen LogP contribution in [0.25, 0.3) is 33.3 Å². The number of anilines is 1. The molecule has 0 aliphatic heterocycles. The van der Waals surface area contributed by atoms with Gasteiger partial charge in [-0.3, -0.25) is 19.1 Å². The first-order valence-corrected chi connectivity index (χ1v) is 12.0. The highest BCUT2D eigenvalue weighted by atomic mass is 16.5. The first-order valence-electron chi connectivity index (χ1n) is 12.0. The van der Waals surface area contributed by atoms with Gasteiger partial charge < -0.3 is 15.8 Å². The van der Waals surface area contributed by atoms with Gasteiger partial charge in [-0.2, -0.15) is 5.26 Å². The van der Waals surface area contributed by atoms with Crippen LogP contribution < -0.4 is 11.1 Å². The number of fused-ring (bicyclic) bond motifs is 1. The van der Waals surface area contributed by atoms with E-state index in [4.69, 9.17) is 10.5 Å². The monoisotopic (exact) mass is 509 g/mol. The fraction of sp³-hybridized carbons (Fsp3) is 0.214. The molecule has 0 bridgehead atoms. The lowest BCUT2D eigenvalue weighted by Gasteiger charge is -2.14. The summed E-state index contributed by atoms with van der Waals surface area (Å²) in [5, 5.41) is 12.8. The summed E-state index contributed by atoms with van der Waals surface area (Å²) >= 11 is 0.